The molecule has 3 aromatic rings. The maximum absolute atomic E-state index is 13.4. The zero-order valence-corrected chi connectivity index (χ0v) is 18.0. The zero-order chi connectivity index (χ0) is 23.5. The summed E-state index contributed by atoms with van der Waals surface area (Å²) >= 11 is 0. The highest BCUT2D eigenvalue weighted by Crippen LogP contribution is 2.44. The fourth-order valence-corrected chi connectivity index (χ4v) is 3.89. The van der Waals surface area contributed by atoms with E-state index in [-0.39, 0.29) is 17.7 Å². The number of nitrogens with zero attached hydrogens (tertiary/aromatic N) is 1. The number of halogens is 1. The molecule has 1 amide bonds. The summed E-state index contributed by atoms with van der Waals surface area (Å²) in [6.07, 6.45) is 3.43. The third kappa shape index (κ3) is 4.15. The molecule has 33 heavy (non-hydrogen) atoms. The van der Waals surface area contributed by atoms with Gasteiger partial charge in [0.1, 0.15) is 17.3 Å². The number of ether oxygens (including phenoxy) is 2. The number of aromatic amines is 1. The number of likely N-dealkylation sites (tertiary alicyclic amines) is 1. The number of hydrogen-bond acceptors (Lipinski definition) is 5. The van der Waals surface area contributed by atoms with Crippen LogP contribution in [0.25, 0.3) is 5.76 Å². The smallest absolute Gasteiger partial charge is 0.295 e. The molecule has 1 atom stereocenters. The minimum absolute atomic E-state index is 0.0765. The van der Waals surface area contributed by atoms with Crippen molar-refractivity contribution in [3.05, 3.63) is 95.1 Å². The molecule has 0 saturated carbocycles. The number of aromatic nitrogens is 1. The number of amides is 1. The van der Waals surface area contributed by atoms with E-state index in [4.69, 9.17) is 9.47 Å². The van der Waals surface area contributed by atoms with Crippen molar-refractivity contribution >= 4 is 17.4 Å². The van der Waals surface area contributed by atoms with Crippen molar-refractivity contribution in [1.29, 1.82) is 0 Å². The van der Waals surface area contributed by atoms with Gasteiger partial charge in [0.05, 0.1) is 26.8 Å². The van der Waals surface area contributed by atoms with Gasteiger partial charge < -0.3 is 19.5 Å². The Kier molecular flexibility index (Phi) is 6.08. The lowest BCUT2D eigenvalue weighted by Crippen LogP contribution is -2.30. The fraction of sp³-hybridized carbons (Fsp3) is 0.160. The van der Waals surface area contributed by atoms with Crippen molar-refractivity contribution in [2.24, 2.45) is 0 Å². The lowest BCUT2D eigenvalue weighted by molar-refractivity contribution is -0.378. The second kappa shape index (κ2) is 9.12. The summed E-state index contributed by atoms with van der Waals surface area (Å²) in [5, 5.41) is 13.4. The Morgan fingerprint density at radius 3 is 2.48 bits per heavy atom. The number of methoxy groups -OCH3 is 2. The van der Waals surface area contributed by atoms with Crippen LogP contribution in [0.4, 0.5) is 4.39 Å². The van der Waals surface area contributed by atoms with Gasteiger partial charge in [0.25, 0.3) is 5.91 Å². The molecule has 2 heterocycles. The Balaban J connectivity index is 1.93. The molecule has 1 fully saturated rings. The van der Waals surface area contributed by atoms with E-state index in [0.717, 1.165) is 17.7 Å². The molecule has 1 aliphatic rings. The Hall–Kier alpha value is -4.20. The summed E-state index contributed by atoms with van der Waals surface area (Å²) in [5.41, 5.74) is 1.05. The number of hydrogen-bond donors (Lipinski definition) is 0. The number of carbonyl (C=O) groups excluding carboxylic acids is 2. The molecule has 1 aliphatic heterocycles. The summed E-state index contributed by atoms with van der Waals surface area (Å²) in [5.74, 6) is -2.02. The van der Waals surface area contributed by atoms with E-state index in [1.54, 1.807) is 42.7 Å². The first kappa shape index (κ1) is 22.0. The van der Waals surface area contributed by atoms with Gasteiger partial charge in [0, 0.05) is 22.8 Å². The molecule has 2 aromatic carbocycles. The first-order valence-electron chi connectivity index (χ1n) is 10.1. The number of rotatable bonds is 6. The van der Waals surface area contributed by atoms with Crippen LogP contribution in [0.5, 0.6) is 11.5 Å². The van der Waals surface area contributed by atoms with Crippen LogP contribution in [0.15, 0.2) is 72.6 Å². The van der Waals surface area contributed by atoms with E-state index in [1.807, 2.05) is 0 Å². The van der Waals surface area contributed by atoms with Crippen LogP contribution >= 0.6 is 0 Å². The minimum atomic E-state index is -1.02. The fourth-order valence-electron chi connectivity index (χ4n) is 3.89. The third-order valence-corrected chi connectivity index (χ3v) is 5.49. The molecule has 7 nitrogen and oxygen atoms in total. The van der Waals surface area contributed by atoms with Gasteiger partial charge in [-0.05, 0) is 42.0 Å². The molecule has 8 heteroatoms. The summed E-state index contributed by atoms with van der Waals surface area (Å²) in [7, 11) is 2.95. The van der Waals surface area contributed by atoms with Gasteiger partial charge >= 0.3 is 0 Å². The standard InChI is InChI=1S/C25H21FN2O5/c1-32-18-9-10-20(33-2)19(12-18)22-21(23(29)16-5-7-17(26)8-6-16)24(30)25(31)28(22)14-15-4-3-11-27-13-15/h3-13,22,29H,14H2,1-2H3. The molecule has 1 saturated heterocycles. The van der Waals surface area contributed by atoms with Crippen molar-refractivity contribution in [2.45, 2.75) is 12.6 Å². The second-order valence-electron chi connectivity index (χ2n) is 7.43. The van der Waals surface area contributed by atoms with Gasteiger partial charge in [-0.1, -0.05) is 17.9 Å². The normalized spacial score (nSPS) is 17.3. The third-order valence-electron chi connectivity index (χ3n) is 5.49. The second-order valence-corrected chi connectivity index (χ2v) is 7.43. The number of pyridine rings is 1. The molecular formula is C25H21FN2O5. The Bertz CT molecular complexity index is 1230. The van der Waals surface area contributed by atoms with E-state index in [2.05, 4.69) is 4.98 Å². The van der Waals surface area contributed by atoms with E-state index < -0.39 is 29.3 Å². The number of Topliss-reactive ketones (excluding diaryl/α,β-unsaturated/α-hetero) is 1. The number of ketones is 1. The summed E-state index contributed by atoms with van der Waals surface area (Å²) in [4.78, 5) is 30.5. The number of H-pyrrole nitrogens is 1. The summed E-state index contributed by atoms with van der Waals surface area (Å²) in [6.45, 7) is 0.0765. The maximum Gasteiger partial charge on any atom is 0.295 e. The first-order chi connectivity index (χ1) is 15.9. The van der Waals surface area contributed by atoms with E-state index in [9.17, 15) is 19.1 Å². The lowest BCUT2D eigenvalue weighted by atomic mass is 9.94. The topological polar surface area (TPSA) is 93.0 Å². The van der Waals surface area contributed by atoms with Crippen molar-refractivity contribution in [2.75, 3.05) is 14.2 Å². The number of carbonyl (C=O) groups is 2. The van der Waals surface area contributed by atoms with Crippen LogP contribution in [0.1, 0.15) is 22.7 Å². The van der Waals surface area contributed by atoms with Crippen LogP contribution in [0, 0.1) is 5.82 Å². The van der Waals surface area contributed by atoms with Crippen molar-refractivity contribution in [3.8, 4) is 11.5 Å². The Labute approximate surface area is 189 Å². The quantitative estimate of drug-likeness (QED) is 0.327. The van der Waals surface area contributed by atoms with Crippen LogP contribution in [-0.4, -0.2) is 30.8 Å². The largest absolute Gasteiger partial charge is 0.872 e. The average Bonchev–Trinajstić information content (AvgIpc) is 3.09. The number of nitrogens with one attached hydrogen (secondary N) is 1. The molecule has 1 N–H and O–H groups in total. The van der Waals surface area contributed by atoms with Crippen molar-refractivity contribution in [1.82, 2.24) is 4.90 Å². The van der Waals surface area contributed by atoms with Crippen molar-refractivity contribution in [3.63, 3.8) is 0 Å². The van der Waals surface area contributed by atoms with Crippen LogP contribution < -0.4 is 19.6 Å². The monoisotopic (exact) mass is 448 g/mol. The van der Waals surface area contributed by atoms with Gasteiger partial charge in [0.2, 0.25) is 5.78 Å². The molecule has 4 rings (SSSR count). The van der Waals surface area contributed by atoms with Crippen LogP contribution in [0.3, 0.4) is 0 Å². The molecule has 1 unspecified atom stereocenters. The highest BCUT2D eigenvalue weighted by Gasteiger charge is 2.45. The van der Waals surface area contributed by atoms with Crippen LogP contribution in [0.2, 0.25) is 0 Å². The van der Waals surface area contributed by atoms with Crippen molar-refractivity contribution < 1.29 is 33.5 Å². The highest BCUT2D eigenvalue weighted by molar-refractivity contribution is 6.46. The van der Waals surface area contributed by atoms with E-state index in [1.165, 1.54) is 31.3 Å². The molecule has 0 aliphatic carbocycles. The highest BCUT2D eigenvalue weighted by atomic mass is 19.1. The molecule has 0 radical (unpaired) electrons. The molecule has 168 valence electrons. The lowest BCUT2D eigenvalue weighted by Gasteiger charge is -2.28. The van der Waals surface area contributed by atoms with Gasteiger partial charge in [0.15, 0.2) is 12.4 Å². The van der Waals surface area contributed by atoms with Gasteiger partial charge in [-0.3, -0.25) is 9.59 Å². The first-order valence-corrected chi connectivity index (χ1v) is 10.1. The van der Waals surface area contributed by atoms with E-state index >= 15 is 0 Å². The SMILES string of the molecule is COc1ccc(OC)c(C2C(=C([O-])c3ccc(F)cc3)C(=O)C(=O)N2Cc2ccc[nH+]c2)c1. The average molecular weight is 448 g/mol. The predicted molar refractivity (Wildman–Crippen MR) is 114 cm³/mol. The molecular weight excluding hydrogens is 427 g/mol. The van der Waals surface area contributed by atoms with E-state index in [0.29, 0.717) is 17.1 Å². The predicted octanol–water partition coefficient (Wildman–Crippen LogP) is 2.08. The van der Waals surface area contributed by atoms with Gasteiger partial charge in [-0.25, -0.2) is 9.37 Å². The van der Waals surface area contributed by atoms with Gasteiger partial charge in [-0.15, -0.1) is 0 Å². The number of benzene rings is 2. The Morgan fingerprint density at radius 1 is 1.09 bits per heavy atom. The molecule has 0 bridgehead atoms. The summed E-state index contributed by atoms with van der Waals surface area (Å²) < 4.78 is 24.2. The zero-order valence-electron chi connectivity index (χ0n) is 18.0. The maximum atomic E-state index is 13.4. The Morgan fingerprint density at radius 2 is 1.85 bits per heavy atom. The summed E-state index contributed by atoms with van der Waals surface area (Å²) in [6, 6.07) is 12.4. The molecule has 0 spiro atoms. The minimum Gasteiger partial charge on any atom is -0.872 e. The van der Waals surface area contributed by atoms with Crippen LogP contribution in [-0.2, 0) is 16.1 Å². The molecule has 1 aromatic heterocycles. The van der Waals surface area contributed by atoms with Gasteiger partial charge in [-0.2, -0.15) is 0 Å².